The largest absolute Gasteiger partial charge is 0.339 e. The van der Waals surface area contributed by atoms with Crippen molar-refractivity contribution in [2.45, 2.75) is 26.7 Å². The van der Waals surface area contributed by atoms with Gasteiger partial charge in [-0.05, 0) is 37.3 Å². The second-order valence-electron chi connectivity index (χ2n) is 4.79. The summed E-state index contributed by atoms with van der Waals surface area (Å²) >= 11 is 0. The molecule has 16 heavy (non-hydrogen) atoms. The lowest BCUT2D eigenvalue weighted by Gasteiger charge is -2.30. The first-order valence-electron chi connectivity index (χ1n) is 6.03. The van der Waals surface area contributed by atoms with Gasteiger partial charge in [0.2, 0.25) is 0 Å². The van der Waals surface area contributed by atoms with Crippen LogP contribution in [0.3, 0.4) is 0 Å². The van der Waals surface area contributed by atoms with Crippen LogP contribution in [0.2, 0.25) is 0 Å². The zero-order chi connectivity index (χ0) is 11.5. The van der Waals surface area contributed by atoms with E-state index < -0.39 is 0 Å². The predicted octanol–water partition coefficient (Wildman–Crippen LogP) is 2.87. The van der Waals surface area contributed by atoms with E-state index in [0.29, 0.717) is 0 Å². The minimum absolute atomic E-state index is 0.199. The van der Waals surface area contributed by atoms with Gasteiger partial charge >= 0.3 is 0 Å². The van der Waals surface area contributed by atoms with Crippen LogP contribution in [0.1, 0.15) is 35.7 Å². The molecule has 1 heterocycles. The Bertz CT molecular complexity index is 378. The van der Waals surface area contributed by atoms with Gasteiger partial charge in [-0.25, -0.2) is 0 Å². The van der Waals surface area contributed by atoms with Crippen LogP contribution >= 0.6 is 0 Å². The maximum atomic E-state index is 12.3. The van der Waals surface area contributed by atoms with E-state index in [2.05, 4.69) is 6.92 Å². The molecule has 1 aromatic rings. The van der Waals surface area contributed by atoms with Crippen molar-refractivity contribution in [2.24, 2.45) is 5.92 Å². The Morgan fingerprint density at radius 2 is 1.88 bits per heavy atom. The van der Waals surface area contributed by atoms with Crippen LogP contribution in [0.5, 0.6) is 0 Å². The summed E-state index contributed by atoms with van der Waals surface area (Å²) in [5.41, 5.74) is 1.93. The molecule has 1 aliphatic rings. The van der Waals surface area contributed by atoms with Crippen molar-refractivity contribution in [2.75, 3.05) is 13.1 Å². The van der Waals surface area contributed by atoms with E-state index in [9.17, 15) is 4.79 Å². The molecule has 0 saturated carbocycles. The Morgan fingerprint density at radius 3 is 2.50 bits per heavy atom. The molecule has 0 radical (unpaired) electrons. The fourth-order valence-electron chi connectivity index (χ4n) is 2.19. The third-order valence-corrected chi connectivity index (χ3v) is 3.45. The van der Waals surface area contributed by atoms with E-state index in [1.165, 1.54) is 0 Å². The van der Waals surface area contributed by atoms with Crippen molar-refractivity contribution in [1.29, 1.82) is 0 Å². The summed E-state index contributed by atoms with van der Waals surface area (Å²) in [7, 11) is 0. The van der Waals surface area contributed by atoms with Crippen molar-refractivity contribution in [3.8, 4) is 0 Å². The predicted molar refractivity (Wildman–Crippen MR) is 65.5 cm³/mol. The lowest BCUT2D eigenvalue weighted by molar-refractivity contribution is 0.0696. The maximum absolute atomic E-state index is 12.3. The van der Waals surface area contributed by atoms with Gasteiger partial charge in [0.1, 0.15) is 0 Å². The number of rotatable bonds is 1. The number of benzene rings is 1. The Labute approximate surface area is 97.3 Å². The van der Waals surface area contributed by atoms with Gasteiger partial charge in [0.05, 0.1) is 0 Å². The van der Waals surface area contributed by atoms with Crippen molar-refractivity contribution < 1.29 is 4.79 Å². The zero-order valence-electron chi connectivity index (χ0n) is 10.1. The van der Waals surface area contributed by atoms with Crippen LogP contribution in [0.25, 0.3) is 0 Å². The molecule has 1 amide bonds. The number of nitrogens with zero attached hydrogens (tertiary/aromatic N) is 1. The Kier molecular flexibility index (Phi) is 3.28. The quantitative estimate of drug-likeness (QED) is 0.708. The SMILES string of the molecule is Cc1ccccc1C(=O)N1CCC(C)CC1. The molecule has 0 unspecified atom stereocenters. The first-order chi connectivity index (χ1) is 7.68. The van der Waals surface area contributed by atoms with E-state index in [-0.39, 0.29) is 5.91 Å². The number of hydrogen-bond donors (Lipinski definition) is 0. The molecule has 2 nitrogen and oxygen atoms in total. The standard InChI is InChI=1S/C14H19NO/c1-11-7-9-15(10-8-11)14(16)13-6-4-3-5-12(13)2/h3-6,11H,7-10H2,1-2H3. The highest BCUT2D eigenvalue weighted by Crippen LogP contribution is 2.19. The molecule has 0 N–H and O–H groups in total. The molecule has 0 spiro atoms. The van der Waals surface area contributed by atoms with Crippen molar-refractivity contribution in [1.82, 2.24) is 4.90 Å². The molecular weight excluding hydrogens is 198 g/mol. The summed E-state index contributed by atoms with van der Waals surface area (Å²) in [5.74, 6) is 0.964. The molecular formula is C14H19NO. The lowest BCUT2D eigenvalue weighted by atomic mass is 9.98. The number of amides is 1. The molecule has 2 heteroatoms. The Balaban J connectivity index is 2.11. The van der Waals surface area contributed by atoms with Crippen LogP contribution in [-0.4, -0.2) is 23.9 Å². The molecule has 0 bridgehead atoms. The molecule has 0 aliphatic carbocycles. The minimum atomic E-state index is 0.199. The van der Waals surface area contributed by atoms with Gasteiger partial charge in [-0.1, -0.05) is 25.1 Å². The third-order valence-electron chi connectivity index (χ3n) is 3.45. The van der Waals surface area contributed by atoms with Gasteiger partial charge in [0.25, 0.3) is 5.91 Å². The average Bonchev–Trinajstić information content (AvgIpc) is 2.30. The van der Waals surface area contributed by atoms with Crippen molar-refractivity contribution in [3.63, 3.8) is 0 Å². The van der Waals surface area contributed by atoms with Crippen LogP contribution in [0.4, 0.5) is 0 Å². The van der Waals surface area contributed by atoms with Crippen molar-refractivity contribution >= 4 is 5.91 Å². The summed E-state index contributed by atoms with van der Waals surface area (Å²) in [6, 6.07) is 7.84. The average molecular weight is 217 g/mol. The van der Waals surface area contributed by atoms with Gasteiger partial charge in [-0.15, -0.1) is 0 Å². The molecule has 1 saturated heterocycles. The summed E-state index contributed by atoms with van der Waals surface area (Å²) in [4.78, 5) is 14.2. The normalized spacial score (nSPS) is 17.5. The van der Waals surface area contributed by atoms with Crippen LogP contribution in [-0.2, 0) is 0 Å². The molecule has 1 aromatic carbocycles. The number of piperidine rings is 1. The van der Waals surface area contributed by atoms with Gasteiger partial charge in [0.15, 0.2) is 0 Å². The van der Waals surface area contributed by atoms with Gasteiger partial charge in [0, 0.05) is 18.7 Å². The van der Waals surface area contributed by atoms with Gasteiger partial charge < -0.3 is 4.90 Å². The number of hydrogen-bond acceptors (Lipinski definition) is 1. The molecule has 1 fully saturated rings. The highest BCUT2D eigenvalue weighted by Gasteiger charge is 2.21. The van der Waals surface area contributed by atoms with Gasteiger partial charge in [-0.3, -0.25) is 4.79 Å². The molecule has 0 aromatic heterocycles. The summed E-state index contributed by atoms with van der Waals surface area (Å²) in [6.07, 6.45) is 2.27. The first kappa shape index (κ1) is 11.2. The number of carbonyl (C=O) groups excluding carboxylic acids is 1. The zero-order valence-corrected chi connectivity index (χ0v) is 10.1. The Morgan fingerprint density at radius 1 is 1.25 bits per heavy atom. The molecule has 86 valence electrons. The van der Waals surface area contributed by atoms with E-state index >= 15 is 0 Å². The van der Waals surface area contributed by atoms with Crippen LogP contribution in [0.15, 0.2) is 24.3 Å². The number of carbonyl (C=O) groups is 1. The number of aryl methyl sites for hydroxylation is 1. The van der Waals surface area contributed by atoms with Crippen molar-refractivity contribution in [3.05, 3.63) is 35.4 Å². The fraction of sp³-hybridized carbons (Fsp3) is 0.500. The van der Waals surface area contributed by atoms with Crippen LogP contribution < -0.4 is 0 Å². The highest BCUT2D eigenvalue weighted by atomic mass is 16.2. The van der Waals surface area contributed by atoms with E-state index in [1.54, 1.807) is 0 Å². The third kappa shape index (κ3) is 2.26. The molecule has 0 atom stereocenters. The molecule has 2 rings (SSSR count). The van der Waals surface area contributed by atoms with E-state index in [4.69, 9.17) is 0 Å². The monoisotopic (exact) mass is 217 g/mol. The smallest absolute Gasteiger partial charge is 0.254 e. The first-order valence-corrected chi connectivity index (χ1v) is 6.03. The Hall–Kier alpha value is -1.31. The minimum Gasteiger partial charge on any atom is -0.339 e. The van der Waals surface area contributed by atoms with Gasteiger partial charge in [-0.2, -0.15) is 0 Å². The summed E-state index contributed by atoms with van der Waals surface area (Å²) in [6.45, 7) is 6.08. The number of likely N-dealkylation sites (tertiary alicyclic amines) is 1. The lowest BCUT2D eigenvalue weighted by Crippen LogP contribution is -2.38. The summed E-state index contributed by atoms with van der Waals surface area (Å²) in [5, 5.41) is 0. The van der Waals surface area contributed by atoms with E-state index in [1.807, 2.05) is 36.1 Å². The van der Waals surface area contributed by atoms with E-state index in [0.717, 1.165) is 43.0 Å². The second kappa shape index (κ2) is 4.69. The highest BCUT2D eigenvalue weighted by molar-refractivity contribution is 5.95. The topological polar surface area (TPSA) is 20.3 Å². The van der Waals surface area contributed by atoms with Crippen LogP contribution in [0, 0.1) is 12.8 Å². The summed E-state index contributed by atoms with van der Waals surface area (Å²) < 4.78 is 0. The fourth-order valence-corrected chi connectivity index (χ4v) is 2.19. The molecule has 1 aliphatic heterocycles. The maximum Gasteiger partial charge on any atom is 0.254 e. The second-order valence-corrected chi connectivity index (χ2v) is 4.79.